The van der Waals surface area contributed by atoms with Crippen LogP contribution in [0.5, 0.6) is 0 Å². The van der Waals surface area contributed by atoms with Crippen LogP contribution in [0.2, 0.25) is 0 Å². The molecule has 0 aliphatic carbocycles. The molecule has 0 rings (SSSR count). The van der Waals surface area contributed by atoms with E-state index in [-0.39, 0.29) is 18.2 Å². The Morgan fingerprint density at radius 3 is 2.25 bits per heavy atom. The number of carbonyl (C=O) groups is 3. The highest BCUT2D eigenvalue weighted by atomic mass is 16.4. The molecule has 2 N–H and O–H groups in total. The van der Waals surface area contributed by atoms with Gasteiger partial charge in [-0.3, -0.25) is 14.4 Å². The summed E-state index contributed by atoms with van der Waals surface area (Å²) < 4.78 is 0. The number of hydrogen-bond donors (Lipinski definition) is 2. The lowest BCUT2D eigenvalue weighted by Crippen LogP contribution is -2.38. The van der Waals surface area contributed by atoms with E-state index in [4.69, 9.17) is 5.11 Å². The van der Waals surface area contributed by atoms with E-state index in [0.717, 1.165) is 0 Å². The van der Waals surface area contributed by atoms with Crippen molar-refractivity contribution in [1.29, 1.82) is 0 Å². The average Bonchev–Trinajstić information content (AvgIpc) is 2.16. The smallest absolute Gasteiger partial charge is 0.325 e. The molecule has 0 aliphatic heterocycles. The molecule has 0 radical (unpaired) electrons. The van der Waals surface area contributed by atoms with E-state index >= 15 is 0 Å². The Labute approximate surface area is 94.6 Å². The Morgan fingerprint density at radius 2 is 1.81 bits per heavy atom. The lowest BCUT2D eigenvalue weighted by molar-refractivity contribution is -0.141. The molecule has 1 atom stereocenters. The van der Waals surface area contributed by atoms with Crippen molar-refractivity contribution >= 4 is 17.8 Å². The summed E-state index contributed by atoms with van der Waals surface area (Å²) in [5.74, 6) is -1.46. The first-order valence-corrected chi connectivity index (χ1v) is 5.07. The van der Waals surface area contributed by atoms with E-state index in [0.29, 0.717) is 12.8 Å². The van der Waals surface area contributed by atoms with Gasteiger partial charge >= 0.3 is 5.97 Å². The molecule has 0 aromatic carbocycles. The normalized spacial score (nSPS) is 11.7. The fraction of sp³-hybridized carbons (Fsp3) is 0.700. The predicted molar refractivity (Wildman–Crippen MR) is 57.8 cm³/mol. The molecule has 0 aromatic heterocycles. The van der Waals surface area contributed by atoms with Crippen LogP contribution in [0, 0.1) is 0 Å². The number of nitrogens with zero attached hydrogens (tertiary/aromatic N) is 1. The summed E-state index contributed by atoms with van der Waals surface area (Å²) in [5, 5.41) is 10.9. The summed E-state index contributed by atoms with van der Waals surface area (Å²) in [6.07, 6.45) is 0.883. The zero-order valence-corrected chi connectivity index (χ0v) is 9.82. The van der Waals surface area contributed by atoms with E-state index in [2.05, 4.69) is 5.32 Å². The Hall–Kier alpha value is -1.59. The number of rotatable bonds is 6. The van der Waals surface area contributed by atoms with Crippen LogP contribution in [0.25, 0.3) is 0 Å². The monoisotopic (exact) mass is 230 g/mol. The minimum Gasteiger partial charge on any atom is -0.480 e. The number of hydrogen-bond acceptors (Lipinski definition) is 3. The van der Waals surface area contributed by atoms with Crippen LogP contribution in [0.3, 0.4) is 0 Å². The standard InChI is InChI=1S/C10H18N2O4/c1-7(10(15)16)11-8(13)5-4-6-9(14)12(2)3/h7H,4-6H2,1-3H3,(H,11,13)(H,15,16). The highest BCUT2D eigenvalue weighted by Gasteiger charge is 2.13. The van der Waals surface area contributed by atoms with Gasteiger partial charge in [0.25, 0.3) is 0 Å². The first-order valence-electron chi connectivity index (χ1n) is 5.07. The summed E-state index contributed by atoms with van der Waals surface area (Å²) in [6, 6.07) is -0.892. The Balaban J connectivity index is 3.75. The fourth-order valence-electron chi connectivity index (χ4n) is 0.999. The number of carboxylic acids is 1. The van der Waals surface area contributed by atoms with Crippen molar-refractivity contribution in [3.8, 4) is 0 Å². The van der Waals surface area contributed by atoms with Crippen LogP contribution in [0.15, 0.2) is 0 Å². The number of nitrogens with one attached hydrogen (secondary N) is 1. The molecule has 6 heteroatoms. The van der Waals surface area contributed by atoms with Gasteiger partial charge in [-0.25, -0.2) is 0 Å². The molecule has 0 saturated heterocycles. The molecule has 92 valence electrons. The summed E-state index contributed by atoms with van der Waals surface area (Å²) in [5.41, 5.74) is 0. The zero-order chi connectivity index (χ0) is 12.7. The minimum atomic E-state index is -1.07. The molecular weight excluding hydrogens is 212 g/mol. The summed E-state index contributed by atoms with van der Waals surface area (Å²) in [7, 11) is 3.30. The average molecular weight is 230 g/mol. The second-order valence-electron chi connectivity index (χ2n) is 3.77. The zero-order valence-electron chi connectivity index (χ0n) is 9.82. The van der Waals surface area contributed by atoms with Gasteiger partial charge in [0.15, 0.2) is 0 Å². The minimum absolute atomic E-state index is 0.0425. The Morgan fingerprint density at radius 1 is 1.25 bits per heavy atom. The molecule has 0 saturated carbocycles. The predicted octanol–water partition coefficient (Wildman–Crippen LogP) is -0.166. The summed E-state index contributed by atoms with van der Waals surface area (Å²) >= 11 is 0. The topological polar surface area (TPSA) is 86.7 Å². The molecule has 0 spiro atoms. The maximum absolute atomic E-state index is 11.2. The molecule has 0 heterocycles. The first-order chi connectivity index (χ1) is 7.34. The van der Waals surface area contributed by atoms with E-state index in [1.807, 2.05) is 0 Å². The van der Waals surface area contributed by atoms with E-state index in [9.17, 15) is 14.4 Å². The highest BCUT2D eigenvalue weighted by Crippen LogP contribution is 1.98. The van der Waals surface area contributed by atoms with Crippen molar-refractivity contribution in [3.05, 3.63) is 0 Å². The summed E-state index contributed by atoms with van der Waals surface area (Å²) in [6.45, 7) is 1.39. The van der Waals surface area contributed by atoms with Crippen LogP contribution >= 0.6 is 0 Å². The van der Waals surface area contributed by atoms with Gasteiger partial charge in [0.2, 0.25) is 11.8 Å². The quantitative estimate of drug-likeness (QED) is 0.663. The second kappa shape index (κ2) is 6.81. The summed E-state index contributed by atoms with van der Waals surface area (Å²) in [4.78, 5) is 34.3. The molecule has 0 aliphatic rings. The van der Waals surface area contributed by atoms with Crippen molar-refractivity contribution in [3.63, 3.8) is 0 Å². The molecule has 6 nitrogen and oxygen atoms in total. The Kier molecular flexibility index (Phi) is 6.14. The first kappa shape index (κ1) is 14.4. The van der Waals surface area contributed by atoms with E-state index in [1.165, 1.54) is 11.8 Å². The Bertz CT molecular complexity index is 276. The second-order valence-corrected chi connectivity index (χ2v) is 3.77. The van der Waals surface area contributed by atoms with E-state index in [1.54, 1.807) is 14.1 Å². The lowest BCUT2D eigenvalue weighted by Gasteiger charge is -2.11. The maximum atomic E-state index is 11.2. The lowest BCUT2D eigenvalue weighted by atomic mass is 10.2. The number of aliphatic carboxylic acids is 1. The third-order valence-electron chi connectivity index (χ3n) is 2.04. The van der Waals surface area contributed by atoms with Crippen molar-refractivity contribution < 1.29 is 19.5 Å². The van der Waals surface area contributed by atoms with Crippen molar-refractivity contribution in [2.45, 2.75) is 32.2 Å². The van der Waals surface area contributed by atoms with Crippen LogP contribution in [0.1, 0.15) is 26.2 Å². The van der Waals surface area contributed by atoms with Gasteiger partial charge < -0.3 is 15.3 Å². The van der Waals surface area contributed by atoms with Gasteiger partial charge in [-0.1, -0.05) is 0 Å². The van der Waals surface area contributed by atoms with Crippen molar-refractivity contribution in [1.82, 2.24) is 10.2 Å². The highest BCUT2D eigenvalue weighted by molar-refractivity contribution is 5.83. The maximum Gasteiger partial charge on any atom is 0.325 e. The van der Waals surface area contributed by atoms with E-state index < -0.39 is 12.0 Å². The third-order valence-corrected chi connectivity index (χ3v) is 2.04. The van der Waals surface area contributed by atoms with Crippen LogP contribution in [-0.4, -0.2) is 47.9 Å². The largest absolute Gasteiger partial charge is 0.480 e. The van der Waals surface area contributed by atoms with Crippen LogP contribution in [0.4, 0.5) is 0 Å². The number of carbonyl (C=O) groups excluding carboxylic acids is 2. The molecule has 2 amide bonds. The molecule has 0 bridgehead atoms. The van der Waals surface area contributed by atoms with Gasteiger partial charge in [0.05, 0.1) is 0 Å². The molecule has 0 fully saturated rings. The van der Waals surface area contributed by atoms with Gasteiger partial charge in [-0.2, -0.15) is 0 Å². The van der Waals surface area contributed by atoms with Crippen molar-refractivity contribution in [2.75, 3.05) is 14.1 Å². The van der Waals surface area contributed by atoms with Gasteiger partial charge in [0, 0.05) is 26.9 Å². The molecule has 1 unspecified atom stereocenters. The molecule has 16 heavy (non-hydrogen) atoms. The third kappa shape index (κ3) is 6.00. The van der Waals surface area contributed by atoms with Gasteiger partial charge in [-0.05, 0) is 13.3 Å². The SMILES string of the molecule is CC(NC(=O)CCCC(=O)N(C)C)C(=O)O. The van der Waals surface area contributed by atoms with Gasteiger partial charge in [0.1, 0.15) is 6.04 Å². The van der Waals surface area contributed by atoms with Crippen LogP contribution < -0.4 is 5.32 Å². The van der Waals surface area contributed by atoms with Crippen LogP contribution in [-0.2, 0) is 14.4 Å². The fourth-order valence-corrected chi connectivity index (χ4v) is 0.999. The molecule has 0 aromatic rings. The van der Waals surface area contributed by atoms with Crippen molar-refractivity contribution in [2.24, 2.45) is 0 Å². The number of amides is 2. The molecular formula is C10H18N2O4. The number of carboxylic acid groups (broad SMARTS) is 1. The van der Waals surface area contributed by atoms with Gasteiger partial charge in [-0.15, -0.1) is 0 Å².